The number of nitrogens with zero attached hydrogens (tertiary/aromatic N) is 3. The highest BCUT2D eigenvalue weighted by Crippen LogP contribution is 2.29. The van der Waals surface area contributed by atoms with Crippen molar-refractivity contribution in [1.82, 2.24) is 15.0 Å². The minimum absolute atomic E-state index is 0.305. The van der Waals surface area contributed by atoms with Crippen molar-refractivity contribution in [2.45, 2.75) is 32.2 Å². The highest BCUT2D eigenvalue weighted by atomic mass is 16.4. The Bertz CT molecular complexity index is 1320. The lowest BCUT2D eigenvalue weighted by Gasteiger charge is -2.34. The second kappa shape index (κ2) is 8.18. The molecule has 0 bridgehead atoms. The molecule has 2 aromatic carbocycles. The Kier molecular flexibility index (Phi) is 5.06. The largest absolute Gasteiger partial charge is 0.417 e. The van der Waals surface area contributed by atoms with Crippen molar-refractivity contribution in [2.75, 3.05) is 15.5 Å². The van der Waals surface area contributed by atoms with Crippen LogP contribution < -0.4 is 21.3 Å². The van der Waals surface area contributed by atoms with Crippen LogP contribution in [0.1, 0.15) is 24.8 Å². The fourth-order valence-electron chi connectivity index (χ4n) is 3.66. The normalized spacial score (nSPS) is 13.5. The van der Waals surface area contributed by atoms with Gasteiger partial charge in [-0.15, -0.1) is 0 Å². The van der Waals surface area contributed by atoms with E-state index in [1.807, 2.05) is 37.3 Å². The molecule has 0 spiro atoms. The number of carbonyl (C=O) groups excluding carboxylic acids is 1. The molecule has 4 aromatic rings. The maximum atomic E-state index is 11.5. The third-order valence-corrected chi connectivity index (χ3v) is 5.66. The first-order chi connectivity index (χ1) is 15.6. The SMILES string of the molecule is Cc1cnc(Nc2ccc(N(C=O)C3CCC3)cc2)nc1Nc1ccc2oc(=O)[nH]c2c1. The van der Waals surface area contributed by atoms with Gasteiger partial charge >= 0.3 is 5.76 Å². The van der Waals surface area contributed by atoms with Gasteiger partial charge in [0.25, 0.3) is 0 Å². The fourth-order valence-corrected chi connectivity index (χ4v) is 3.66. The predicted molar refractivity (Wildman–Crippen MR) is 123 cm³/mol. The quantitative estimate of drug-likeness (QED) is 0.376. The molecule has 1 saturated carbocycles. The van der Waals surface area contributed by atoms with Gasteiger partial charge in [-0.25, -0.2) is 9.78 Å². The number of hydrogen-bond donors (Lipinski definition) is 3. The van der Waals surface area contributed by atoms with Crippen molar-refractivity contribution in [1.29, 1.82) is 0 Å². The Morgan fingerprint density at radius 2 is 1.91 bits per heavy atom. The molecular formula is C23H22N6O3. The Morgan fingerprint density at radius 3 is 2.62 bits per heavy atom. The molecule has 0 unspecified atom stereocenters. The summed E-state index contributed by atoms with van der Waals surface area (Å²) >= 11 is 0. The van der Waals surface area contributed by atoms with Crippen LogP contribution in [0.25, 0.3) is 11.1 Å². The molecule has 2 heterocycles. The lowest BCUT2D eigenvalue weighted by atomic mass is 9.91. The van der Waals surface area contributed by atoms with Gasteiger partial charge in [-0.05, 0) is 68.7 Å². The Balaban J connectivity index is 1.32. The number of amides is 1. The summed E-state index contributed by atoms with van der Waals surface area (Å²) in [5, 5.41) is 6.46. The van der Waals surface area contributed by atoms with E-state index in [-0.39, 0.29) is 0 Å². The van der Waals surface area contributed by atoms with Gasteiger partial charge in [0.1, 0.15) is 5.82 Å². The number of oxazole rings is 1. The molecule has 1 aliphatic carbocycles. The van der Waals surface area contributed by atoms with E-state index >= 15 is 0 Å². The molecule has 1 aliphatic rings. The van der Waals surface area contributed by atoms with Gasteiger partial charge < -0.3 is 20.0 Å². The van der Waals surface area contributed by atoms with Gasteiger partial charge in [-0.2, -0.15) is 4.98 Å². The zero-order valence-electron chi connectivity index (χ0n) is 17.5. The molecule has 1 amide bonds. The average Bonchev–Trinajstić information content (AvgIpc) is 3.13. The van der Waals surface area contributed by atoms with E-state index in [0.29, 0.717) is 28.9 Å². The van der Waals surface area contributed by atoms with Gasteiger partial charge in [-0.1, -0.05) is 0 Å². The third kappa shape index (κ3) is 3.92. The number of aromatic amines is 1. The first-order valence-corrected chi connectivity index (χ1v) is 10.4. The summed E-state index contributed by atoms with van der Waals surface area (Å²) in [6.45, 7) is 1.91. The molecule has 1 fully saturated rings. The summed E-state index contributed by atoms with van der Waals surface area (Å²) < 4.78 is 5.04. The van der Waals surface area contributed by atoms with Crippen LogP contribution in [-0.2, 0) is 4.79 Å². The second-order valence-corrected chi connectivity index (χ2v) is 7.84. The van der Waals surface area contributed by atoms with Crippen molar-refractivity contribution in [3.63, 3.8) is 0 Å². The van der Waals surface area contributed by atoms with E-state index in [0.717, 1.165) is 41.9 Å². The van der Waals surface area contributed by atoms with Crippen LogP contribution in [0.4, 0.5) is 28.8 Å². The van der Waals surface area contributed by atoms with Crippen molar-refractivity contribution >= 4 is 46.3 Å². The van der Waals surface area contributed by atoms with E-state index < -0.39 is 5.76 Å². The molecule has 0 aliphatic heterocycles. The van der Waals surface area contributed by atoms with Crippen molar-refractivity contribution in [3.8, 4) is 0 Å². The standard InChI is InChI=1S/C23H22N6O3/c1-14-12-24-22(26-15-5-8-18(9-6-15)29(13-30)17-3-2-4-17)28-21(14)25-16-7-10-20-19(11-16)27-23(31)32-20/h5-13,17H,2-4H2,1H3,(H,27,31)(H2,24,25,26,28). The predicted octanol–water partition coefficient (Wildman–Crippen LogP) is 4.22. The molecule has 0 saturated heterocycles. The van der Waals surface area contributed by atoms with Crippen LogP contribution in [-0.4, -0.2) is 27.4 Å². The number of rotatable bonds is 7. The van der Waals surface area contributed by atoms with E-state index in [4.69, 9.17) is 4.42 Å². The Hall–Kier alpha value is -4.14. The van der Waals surface area contributed by atoms with Gasteiger partial charge in [0.2, 0.25) is 12.4 Å². The summed E-state index contributed by atoms with van der Waals surface area (Å²) in [5.41, 5.74) is 4.44. The number of carbonyl (C=O) groups is 1. The molecule has 0 atom stereocenters. The summed E-state index contributed by atoms with van der Waals surface area (Å²) in [4.78, 5) is 36.2. The van der Waals surface area contributed by atoms with Gasteiger partial charge in [0.15, 0.2) is 5.58 Å². The molecule has 0 radical (unpaired) electrons. The highest BCUT2D eigenvalue weighted by molar-refractivity contribution is 5.79. The molecule has 9 nitrogen and oxygen atoms in total. The van der Waals surface area contributed by atoms with Crippen molar-refractivity contribution < 1.29 is 9.21 Å². The maximum absolute atomic E-state index is 11.5. The zero-order chi connectivity index (χ0) is 22.1. The summed E-state index contributed by atoms with van der Waals surface area (Å²) in [7, 11) is 0. The summed E-state index contributed by atoms with van der Waals surface area (Å²) in [6, 6.07) is 13.3. The monoisotopic (exact) mass is 430 g/mol. The maximum Gasteiger partial charge on any atom is 0.417 e. The van der Waals surface area contributed by atoms with E-state index in [1.54, 1.807) is 23.2 Å². The molecule has 9 heteroatoms. The van der Waals surface area contributed by atoms with Crippen LogP contribution in [0.5, 0.6) is 0 Å². The lowest BCUT2D eigenvalue weighted by Crippen LogP contribution is -2.39. The molecular weight excluding hydrogens is 408 g/mol. The second-order valence-electron chi connectivity index (χ2n) is 7.84. The van der Waals surface area contributed by atoms with Gasteiger partial charge in [0.05, 0.1) is 5.52 Å². The van der Waals surface area contributed by atoms with Gasteiger partial charge in [-0.3, -0.25) is 9.78 Å². The first-order valence-electron chi connectivity index (χ1n) is 10.4. The number of H-pyrrole nitrogens is 1. The molecule has 32 heavy (non-hydrogen) atoms. The molecule has 5 rings (SSSR count). The smallest absolute Gasteiger partial charge is 0.408 e. The number of aromatic nitrogens is 3. The minimum Gasteiger partial charge on any atom is -0.408 e. The molecule has 2 aromatic heterocycles. The number of anilines is 5. The molecule has 3 N–H and O–H groups in total. The molecule has 162 valence electrons. The lowest BCUT2D eigenvalue weighted by molar-refractivity contribution is -0.108. The average molecular weight is 430 g/mol. The number of hydrogen-bond acceptors (Lipinski definition) is 7. The number of benzene rings is 2. The summed E-state index contributed by atoms with van der Waals surface area (Å²) in [5.74, 6) is 0.591. The minimum atomic E-state index is -0.489. The topological polar surface area (TPSA) is 116 Å². The number of aryl methyl sites for hydroxylation is 1. The van der Waals surface area contributed by atoms with Crippen molar-refractivity contribution in [3.05, 3.63) is 64.8 Å². The Morgan fingerprint density at radius 1 is 1.12 bits per heavy atom. The van der Waals surface area contributed by atoms with Crippen LogP contribution in [0.2, 0.25) is 0 Å². The van der Waals surface area contributed by atoms with E-state index in [9.17, 15) is 9.59 Å². The van der Waals surface area contributed by atoms with Crippen LogP contribution in [0.15, 0.2) is 57.9 Å². The Labute approximate surface area is 183 Å². The fraction of sp³-hybridized carbons (Fsp3) is 0.217. The van der Waals surface area contributed by atoms with Crippen LogP contribution in [0.3, 0.4) is 0 Å². The van der Waals surface area contributed by atoms with Crippen molar-refractivity contribution in [2.24, 2.45) is 0 Å². The summed E-state index contributed by atoms with van der Waals surface area (Å²) in [6.07, 6.45) is 5.91. The zero-order valence-corrected chi connectivity index (χ0v) is 17.5. The number of nitrogens with one attached hydrogen (secondary N) is 3. The van der Waals surface area contributed by atoms with E-state index in [1.165, 1.54) is 6.42 Å². The van der Waals surface area contributed by atoms with Gasteiger partial charge in [0, 0.05) is 34.9 Å². The number of fused-ring (bicyclic) bond motifs is 1. The van der Waals surface area contributed by atoms with Crippen LogP contribution >= 0.6 is 0 Å². The third-order valence-electron chi connectivity index (χ3n) is 5.66. The van der Waals surface area contributed by atoms with Crippen LogP contribution in [0, 0.1) is 6.92 Å². The van der Waals surface area contributed by atoms with E-state index in [2.05, 4.69) is 25.6 Å². The first kappa shape index (κ1) is 19.8. The highest BCUT2D eigenvalue weighted by Gasteiger charge is 2.24.